The van der Waals surface area contributed by atoms with Crippen molar-refractivity contribution < 1.29 is 4.79 Å². The second-order valence-corrected chi connectivity index (χ2v) is 4.53. The number of nitrogens with zero attached hydrogens (tertiary/aromatic N) is 5. The number of carbonyl (C=O) groups excluding carboxylic acids is 1. The molecule has 2 aromatic rings. The Hall–Kier alpha value is -2.11. The highest BCUT2D eigenvalue weighted by Crippen LogP contribution is 2.03. The van der Waals surface area contributed by atoms with Crippen LogP contribution in [0.15, 0.2) is 30.7 Å². The quantitative estimate of drug-likeness (QED) is 0.769. The van der Waals surface area contributed by atoms with Gasteiger partial charge in [-0.15, -0.1) is 0 Å². The molecule has 0 aliphatic rings. The minimum Gasteiger partial charge on any atom is -0.344 e. The lowest BCUT2D eigenvalue weighted by Crippen LogP contribution is -2.30. The van der Waals surface area contributed by atoms with E-state index in [1.165, 1.54) is 0 Å². The number of carbonyl (C=O) groups is 1. The summed E-state index contributed by atoms with van der Waals surface area (Å²) in [5.41, 5.74) is 1.08. The zero-order valence-corrected chi connectivity index (χ0v) is 11.4. The third-order valence-electron chi connectivity index (χ3n) is 3.17. The molecule has 0 fully saturated rings. The molecule has 102 valence electrons. The van der Waals surface area contributed by atoms with Crippen LogP contribution in [0.4, 0.5) is 0 Å². The molecule has 0 aromatic carbocycles. The molecule has 6 heteroatoms. The van der Waals surface area contributed by atoms with Gasteiger partial charge in [0, 0.05) is 51.3 Å². The van der Waals surface area contributed by atoms with Crippen LogP contribution in [0.3, 0.4) is 0 Å². The van der Waals surface area contributed by atoms with Gasteiger partial charge in [-0.1, -0.05) is 0 Å². The largest absolute Gasteiger partial charge is 0.344 e. The summed E-state index contributed by atoms with van der Waals surface area (Å²) in [6.07, 6.45) is 6.62. The number of amides is 1. The molecule has 0 saturated carbocycles. The van der Waals surface area contributed by atoms with E-state index in [1.807, 2.05) is 37.1 Å². The van der Waals surface area contributed by atoms with Crippen molar-refractivity contribution in [2.75, 3.05) is 13.6 Å². The number of hydrogen-bond donors (Lipinski definition) is 0. The zero-order chi connectivity index (χ0) is 13.7. The third kappa shape index (κ3) is 3.67. The smallest absolute Gasteiger partial charge is 0.222 e. The first-order valence-electron chi connectivity index (χ1n) is 6.35. The maximum Gasteiger partial charge on any atom is 0.222 e. The minimum absolute atomic E-state index is 0.147. The second kappa shape index (κ2) is 6.17. The molecule has 1 amide bonds. The van der Waals surface area contributed by atoms with E-state index in [9.17, 15) is 4.79 Å². The van der Waals surface area contributed by atoms with Crippen molar-refractivity contribution in [3.05, 3.63) is 36.4 Å². The average molecular weight is 261 g/mol. The van der Waals surface area contributed by atoms with E-state index < -0.39 is 0 Å². The number of hydrogen-bond acceptors (Lipinski definition) is 3. The highest BCUT2D eigenvalue weighted by molar-refractivity contribution is 5.76. The average Bonchev–Trinajstić information content (AvgIpc) is 3.04. The van der Waals surface area contributed by atoms with E-state index in [4.69, 9.17) is 0 Å². The summed E-state index contributed by atoms with van der Waals surface area (Å²) in [5.74, 6) is 0.147. The number of aromatic nitrogens is 4. The molecule has 0 aliphatic heterocycles. The van der Waals surface area contributed by atoms with Crippen molar-refractivity contribution in [2.24, 2.45) is 7.05 Å². The van der Waals surface area contributed by atoms with Gasteiger partial charge in [0.2, 0.25) is 5.91 Å². The highest BCUT2D eigenvalue weighted by atomic mass is 16.2. The predicted molar refractivity (Wildman–Crippen MR) is 71.4 cm³/mol. The molecule has 2 rings (SSSR count). The minimum atomic E-state index is 0.147. The van der Waals surface area contributed by atoms with Crippen LogP contribution in [0.1, 0.15) is 12.1 Å². The van der Waals surface area contributed by atoms with E-state index >= 15 is 0 Å². The molecule has 0 N–H and O–H groups in total. The van der Waals surface area contributed by atoms with E-state index in [0.29, 0.717) is 13.0 Å². The maximum absolute atomic E-state index is 12.0. The van der Waals surface area contributed by atoms with Gasteiger partial charge in [-0.25, -0.2) is 0 Å². The first-order valence-corrected chi connectivity index (χ1v) is 6.35. The van der Waals surface area contributed by atoms with E-state index in [1.54, 1.807) is 22.0 Å². The summed E-state index contributed by atoms with van der Waals surface area (Å²) in [5, 5.41) is 8.20. The number of aryl methyl sites for hydroxylation is 2. The number of likely N-dealkylation sites (N-methyl/N-ethyl adjacent to an activating group) is 1. The van der Waals surface area contributed by atoms with Crippen LogP contribution in [0.5, 0.6) is 0 Å². The fraction of sp³-hybridized carbons (Fsp3) is 0.462. The molecule has 19 heavy (non-hydrogen) atoms. The Morgan fingerprint density at radius 3 is 2.84 bits per heavy atom. The van der Waals surface area contributed by atoms with E-state index in [0.717, 1.165) is 18.7 Å². The van der Waals surface area contributed by atoms with Crippen LogP contribution in [0, 0.1) is 0 Å². The molecule has 6 nitrogen and oxygen atoms in total. The molecule has 0 atom stereocenters. The maximum atomic E-state index is 12.0. The van der Waals surface area contributed by atoms with Crippen LogP contribution in [0.2, 0.25) is 0 Å². The molecule has 2 aromatic heterocycles. The fourth-order valence-corrected chi connectivity index (χ4v) is 1.88. The van der Waals surface area contributed by atoms with E-state index in [2.05, 4.69) is 10.2 Å². The molecule has 2 heterocycles. The predicted octanol–water partition coefficient (Wildman–Crippen LogP) is 0.708. The summed E-state index contributed by atoms with van der Waals surface area (Å²) in [6, 6.07) is 3.82. The molecule has 0 aliphatic carbocycles. The zero-order valence-electron chi connectivity index (χ0n) is 11.4. The van der Waals surface area contributed by atoms with Crippen LogP contribution < -0.4 is 0 Å². The van der Waals surface area contributed by atoms with Crippen molar-refractivity contribution in [3.8, 4) is 0 Å². The van der Waals surface area contributed by atoms with Gasteiger partial charge in [0.15, 0.2) is 0 Å². The fourth-order valence-electron chi connectivity index (χ4n) is 1.88. The molecular weight excluding hydrogens is 242 g/mol. The monoisotopic (exact) mass is 261 g/mol. The van der Waals surface area contributed by atoms with Crippen molar-refractivity contribution in [1.82, 2.24) is 24.5 Å². The van der Waals surface area contributed by atoms with Crippen molar-refractivity contribution in [3.63, 3.8) is 0 Å². The first-order chi connectivity index (χ1) is 9.16. The van der Waals surface area contributed by atoms with Crippen LogP contribution in [-0.2, 0) is 24.8 Å². The van der Waals surface area contributed by atoms with E-state index in [-0.39, 0.29) is 5.91 Å². The Balaban J connectivity index is 1.75. The molecule has 0 radical (unpaired) electrons. The SMILES string of the molecule is CN(CCn1cccn1)C(=O)CCc1ccnn1C. The van der Waals surface area contributed by atoms with Gasteiger partial charge in [0.1, 0.15) is 0 Å². The Labute approximate surface area is 112 Å². The molecule has 0 unspecified atom stereocenters. The number of rotatable bonds is 6. The Bertz CT molecular complexity index is 517. The Morgan fingerprint density at radius 1 is 1.37 bits per heavy atom. The standard InChI is InChI=1S/C13H19N5O/c1-16(10-11-18-9-3-7-15-18)13(19)5-4-12-6-8-14-17(12)2/h3,6-9H,4-5,10-11H2,1-2H3. The Morgan fingerprint density at radius 2 is 2.21 bits per heavy atom. The van der Waals surface area contributed by atoms with Crippen LogP contribution in [0.25, 0.3) is 0 Å². The summed E-state index contributed by atoms with van der Waals surface area (Å²) in [7, 11) is 3.72. The van der Waals surface area contributed by atoms with Gasteiger partial charge in [-0.3, -0.25) is 14.2 Å². The summed E-state index contributed by atoms with van der Waals surface area (Å²) < 4.78 is 3.63. The molecular formula is C13H19N5O. The Kier molecular flexibility index (Phi) is 4.33. The van der Waals surface area contributed by atoms with Gasteiger partial charge in [-0.2, -0.15) is 10.2 Å². The summed E-state index contributed by atoms with van der Waals surface area (Å²) >= 11 is 0. The molecule has 0 spiro atoms. The van der Waals surface area contributed by atoms with Gasteiger partial charge in [0.05, 0.1) is 6.54 Å². The van der Waals surface area contributed by atoms with Crippen LogP contribution in [-0.4, -0.2) is 44.0 Å². The van der Waals surface area contributed by atoms with Crippen LogP contribution >= 0.6 is 0 Å². The topological polar surface area (TPSA) is 56.0 Å². The van der Waals surface area contributed by atoms with Crippen molar-refractivity contribution in [1.29, 1.82) is 0 Å². The molecule has 0 bridgehead atoms. The van der Waals surface area contributed by atoms with Gasteiger partial charge in [0.25, 0.3) is 0 Å². The first kappa shape index (κ1) is 13.3. The summed E-state index contributed by atoms with van der Waals surface area (Å²) in [6.45, 7) is 1.40. The van der Waals surface area contributed by atoms with Gasteiger partial charge in [-0.05, 0) is 18.6 Å². The van der Waals surface area contributed by atoms with Gasteiger partial charge < -0.3 is 4.90 Å². The summed E-state index contributed by atoms with van der Waals surface area (Å²) in [4.78, 5) is 13.7. The van der Waals surface area contributed by atoms with Crippen molar-refractivity contribution >= 4 is 5.91 Å². The van der Waals surface area contributed by atoms with Gasteiger partial charge >= 0.3 is 0 Å². The molecule has 0 saturated heterocycles. The third-order valence-corrected chi connectivity index (χ3v) is 3.17. The van der Waals surface area contributed by atoms with Crippen molar-refractivity contribution in [2.45, 2.75) is 19.4 Å². The normalized spacial score (nSPS) is 10.6. The highest BCUT2D eigenvalue weighted by Gasteiger charge is 2.10. The lowest BCUT2D eigenvalue weighted by molar-refractivity contribution is -0.130. The lowest BCUT2D eigenvalue weighted by Gasteiger charge is -2.17. The second-order valence-electron chi connectivity index (χ2n) is 4.53. The lowest BCUT2D eigenvalue weighted by atomic mass is 10.2.